The fourth-order valence-electron chi connectivity index (χ4n) is 1.65. The molecule has 17 heavy (non-hydrogen) atoms. The highest BCUT2D eigenvalue weighted by atomic mass is 16.7. The molecule has 1 aliphatic rings. The maximum atomic E-state index is 11.1. The molecule has 0 bridgehead atoms. The summed E-state index contributed by atoms with van der Waals surface area (Å²) in [6.07, 6.45) is -0.284. The van der Waals surface area contributed by atoms with Gasteiger partial charge in [-0.3, -0.25) is 4.79 Å². The Morgan fingerprint density at radius 3 is 2.47 bits per heavy atom. The van der Waals surface area contributed by atoms with Crippen molar-refractivity contribution in [2.75, 3.05) is 0 Å². The van der Waals surface area contributed by atoms with E-state index < -0.39 is 5.91 Å². The molecule has 92 valence electrons. The summed E-state index contributed by atoms with van der Waals surface area (Å²) < 4.78 is 11.4. The fraction of sp³-hybridized carbons (Fsp3) is 0.462. The minimum absolute atomic E-state index is 0.277. The molecule has 1 heterocycles. The number of amides is 1. The van der Waals surface area contributed by atoms with Crippen LogP contribution in [0.5, 0.6) is 11.5 Å². The van der Waals surface area contributed by atoms with Gasteiger partial charge >= 0.3 is 0 Å². The SMILES string of the molecule is CC(C)C(C)C1Oc2ccc(C(N)=O)cc2O1. The number of fused-ring (bicyclic) bond motifs is 1. The zero-order chi connectivity index (χ0) is 12.6. The van der Waals surface area contributed by atoms with Crippen LogP contribution in [0.4, 0.5) is 0 Å². The molecular weight excluding hydrogens is 218 g/mol. The zero-order valence-electron chi connectivity index (χ0n) is 10.3. The van der Waals surface area contributed by atoms with E-state index in [0.717, 1.165) is 0 Å². The number of benzene rings is 1. The third-order valence-corrected chi connectivity index (χ3v) is 3.20. The Labute approximate surface area is 101 Å². The maximum Gasteiger partial charge on any atom is 0.248 e. The van der Waals surface area contributed by atoms with Gasteiger partial charge in [0, 0.05) is 11.5 Å². The quantitative estimate of drug-likeness (QED) is 0.873. The van der Waals surface area contributed by atoms with Crippen LogP contribution in [0, 0.1) is 11.8 Å². The van der Waals surface area contributed by atoms with Gasteiger partial charge in [-0.25, -0.2) is 0 Å². The Balaban J connectivity index is 2.19. The van der Waals surface area contributed by atoms with Gasteiger partial charge in [-0.1, -0.05) is 20.8 Å². The average Bonchev–Trinajstić information content (AvgIpc) is 2.69. The lowest BCUT2D eigenvalue weighted by atomic mass is 9.98. The fourth-order valence-corrected chi connectivity index (χ4v) is 1.65. The van der Waals surface area contributed by atoms with Gasteiger partial charge in [-0.15, -0.1) is 0 Å². The average molecular weight is 235 g/mol. The van der Waals surface area contributed by atoms with E-state index in [2.05, 4.69) is 20.8 Å². The molecule has 0 saturated carbocycles. The van der Waals surface area contributed by atoms with E-state index in [4.69, 9.17) is 15.2 Å². The second-order valence-electron chi connectivity index (χ2n) is 4.73. The molecule has 2 N–H and O–H groups in total. The third-order valence-electron chi connectivity index (χ3n) is 3.20. The molecular formula is C13H17NO3. The zero-order valence-corrected chi connectivity index (χ0v) is 10.3. The summed E-state index contributed by atoms with van der Waals surface area (Å²) in [5, 5.41) is 0. The van der Waals surface area contributed by atoms with Crippen LogP contribution in [0.2, 0.25) is 0 Å². The molecule has 1 aromatic carbocycles. The summed E-state index contributed by atoms with van der Waals surface area (Å²) in [6, 6.07) is 5.00. The highest BCUT2D eigenvalue weighted by Crippen LogP contribution is 2.38. The Bertz CT molecular complexity index is 442. The number of ether oxygens (including phenoxy) is 2. The molecule has 4 heteroatoms. The van der Waals surface area contributed by atoms with E-state index in [1.807, 2.05) is 0 Å². The molecule has 0 spiro atoms. The van der Waals surface area contributed by atoms with Crippen LogP contribution >= 0.6 is 0 Å². The topological polar surface area (TPSA) is 61.5 Å². The van der Waals surface area contributed by atoms with Crippen molar-refractivity contribution >= 4 is 5.91 Å². The summed E-state index contributed by atoms with van der Waals surface area (Å²) in [7, 11) is 0. The van der Waals surface area contributed by atoms with E-state index in [-0.39, 0.29) is 12.2 Å². The summed E-state index contributed by atoms with van der Waals surface area (Å²) in [4.78, 5) is 11.1. The van der Waals surface area contributed by atoms with Gasteiger partial charge in [0.25, 0.3) is 0 Å². The smallest absolute Gasteiger partial charge is 0.248 e. The molecule has 2 unspecified atom stereocenters. The molecule has 1 aliphatic heterocycles. The Morgan fingerprint density at radius 2 is 1.88 bits per heavy atom. The number of hydrogen-bond acceptors (Lipinski definition) is 3. The highest BCUT2D eigenvalue weighted by Gasteiger charge is 2.31. The van der Waals surface area contributed by atoms with E-state index in [1.165, 1.54) is 0 Å². The van der Waals surface area contributed by atoms with Crippen LogP contribution in [0.25, 0.3) is 0 Å². The first kappa shape index (κ1) is 11.8. The van der Waals surface area contributed by atoms with Crippen molar-refractivity contribution < 1.29 is 14.3 Å². The van der Waals surface area contributed by atoms with Gasteiger partial charge in [0.2, 0.25) is 12.2 Å². The molecule has 0 saturated heterocycles. The summed E-state index contributed by atoms with van der Waals surface area (Å²) >= 11 is 0. The highest BCUT2D eigenvalue weighted by molar-refractivity contribution is 5.93. The van der Waals surface area contributed by atoms with E-state index >= 15 is 0 Å². The minimum Gasteiger partial charge on any atom is -0.451 e. The molecule has 2 atom stereocenters. The normalized spacial score (nSPS) is 19.4. The van der Waals surface area contributed by atoms with Crippen molar-refractivity contribution in [3.8, 4) is 11.5 Å². The third kappa shape index (κ3) is 2.20. The van der Waals surface area contributed by atoms with Crippen LogP contribution in [-0.2, 0) is 0 Å². The van der Waals surface area contributed by atoms with Crippen LogP contribution in [0.3, 0.4) is 0 Å². The Morgan fingerprint density at radius 1 is 1.24 bits per heavy atom. The van der Waals surface area contributed by atoms with Crippen molar-refractivity contribution in [1.29, 1.82) is 0 Å². The van der Waals surface area contributed by atoms with Gasteiger partial charge < -0.3 is 15.2 Å². The lowest BCUT2D eigenvalue weighted by Crippen LogP contribution is -2.30. The predicted molar refractivity (Wildman–Crippen MR) is 64.0 cm³/mol. The maximum absolute atomic E-state index is 11.1. The van der Waals surface area contributed by atoms with Crippen molar-refractivity contribution in [2.24, 2.45) is 17.6 Å². The molecule has 0 aliphatic carbocycles. The van der Waals surface area contributed by atoms with E-state index in [1.54, 1.807) is 18.2 Å². The lowest BCUT2D eigenvalue weighted by molar-refractivity contribution is -0.0138. The Hall–Kier alpha value is -1.71. The van der Waals surface area contributed by atoms with Crippen LogP contribution in [0.1, 0.15) is 31.1 Å². The van der Waals surface area contributed by atoms with Crippen molar-refractivity contribution in [3.63, 3.8) is 0 Å². The number of carbonyl (C=O) groups excluding carboxylic acids is 1. The van der Waals surface area contributed by atoms with Gasteiger partial charge in [0.05, 0.1) is 0 Å². The molecule has 1 amide bonds. The van der Waals surface area contributed by atoms with Crippen LogP contribution in [-0.4, -0.2) is 12.2 Å². The largest absolute Gasteiger partial charge is 0.451 e. The van der Waals surface area contributed by atoms with E-state index in [0.29, 0.717) is 23.0 Å². The van der Waals surface area contributed by atoms with Gasteiger partial charge in [-0.05, 0) is 24.1 Å². The molecule has 0 radical (unpaired) electrons. The van der Waals surface area contributed by atoms with Crippen LogP contribution < -0.4 is 15.2 Å². The Kier molecular flexibility index (Phi) is 2.96. The van der Waals surface area contributed by atoms with Crippen LogP contribution in [0.15, 0.2) is 18.2 Å². The van der Waals surface area contributed by atoms with Crippen molar-refractivity contribution in [3.05, 3.63) is 23.8 Å². The summed E-state index contributed by atoms with van der Waals surface area (Å²) in [5.41, 5.74) is 5.65. The van der Waals surface area contributed by atoms with Gasteiger partial charge in [-0.2, -0.15) is 0 Å². The van der Waals surface area contributed by atoms with Crippen molar-refractivity contribution in [1.82, 2.24) is 0 Å². The minimum atomic E-state index is -0.461. The summed E-state index contributed by atoms with van der Waals surface area (Å²) in [6.45, 7) is 6.32. The number of nitrogens with two attached hydrogens (primary N) is 1. The van der Waals surface area contributed by atoms with Gasteiger partial charge in [0.15, 0.2) is 11.5 Å². The number of carbonyl (C=O) groups is 1. The molecule has 4 nitrogen and oxygen atoms in total. The molecule has 2 rings (SSSR count). The molecule has 1 aromatic rings. The first-order chi connectivity index (χ1) is 7.99. The van der Waals surface area contributed by atoms with Gasteiger partial charge in [0.1, 0.15) is 0 Å². The second kappa shape index (κ2) is 4.28. The first-order valence-electron chi connectivity index (χ1n) is 5.76. The van der Waals surface area contributed by atoms with Crippen molar-refractivity contribution in [2.45, 2.75) is 27.1 Å². The second-order valence-corrected chi connectivity index (χ2v) is 4.73. The predicted octanol–water partition coefficient (Wildman–Crippen LogP) is 2.17. The first-order valence-corrected chi connectivity index (χ1v) is 5.76. The number of hydrogen-bond donors (Lipinski definition) is 1. The number of primary amides is 1. The molecule has 0 fully saturated rings. The lowest BCUT2D eigenvalue weighted by Gasteiger charge is -2.21. The van der Waals surface area contributed by atoms with E-state index in [9.17, 15) is 4.79 Å². The molecule has 0 aromatic heterocycles. The monoisotopic (exact) mass is 235 g/mol. The standard InChI is InChI=1S/C13H17NO3/c1-7(2)8(3)13-16-10-5-4-9(12(14)15)6-11(10)17-13/h4-8,13H,1-3H3,(H2,14,15). The number of rotatable bonds is 3. The summed E-state index contributed by atoms with van der Waals surface area (Å²) in [5.74, 6) is 1.55.